The average Bonchev–Trinajstić information content (AvgIpc) is 3.29. The monoisotopic (exact) mass is 926 g/mol. The smallest absolute Gasteiger partial charge is 0.463 e. The Hall–Kier alpha value is -3.33. The molecule has 0 saturated carbocycles. The molecule has 0 aromatic carbocycles. The number of ether oxygens (including phenoxy) is 1. The first-order valence-electron chi connectivity index (χ1n) is 25.4. The van der Waals surface area contributed by atoms with Crippen molar-refractivity contribution in [1.82, 2.24) is 5.32 Å². The number of unbranched alkanes of at least 4 members (excludes halogenated alkanes) is 15. The minimum absolute atomic E-state index is 0.0676. The summed E-state index contributed by atoms with van der Waals surface area (Å²) < 4.78 is 26.9. The number of aliphatic hydroxyl groups is 1. The molecule has 9 nitrogen and oxygen atoms in total. The van der Waals surface area contributed by atoms with Gasteiger partial charge < -0.3 is 20.1 Å². The highest BCUT2D eigenvalue weighted by atomic mass is 31.2. The SMILES string of the molecule is CC/C=C\C/C=C\C/C=C\C/C=C\C/C=C\C/C=C\C/C=C\CCCC(=O)OCC(O)COP(=O)(O)OCCNC(=O)CCCCCCCCCCCCC/C=C\C/C=C\CCCCC. The summed E-state index contributed by atoms with van der Waals surface area (Å²) in [5.74, 6) is -0.585. The van der Waals surface area contributed by atoms with E-state index in [0.717, 1.165) is 77.0 Å². The highest BCUT2D eigenvalue weighted by molar-refractivity contribution is 7.47. The van der Waals surface area contributed by atoms with Gasteiger partial charge in [0, 0.05) is 19.4 Å². The quantitative estimate of drug-likeness (QED) is 0.0238. The number of allylic oxidation sites excluding steroid dienone is 18. The van der Waals surface area contributed by atoms with Gasteiger partial charge in [-0.1, -0.05) is 194 Å². The molecule has 0 bridgehead atoms. The zero-order valence-electron chi connectivity index (χ0n) is 40.9. The third-order valence-electron chi connectivity index (χ3n) is 10.2. The van der Waals surface area contributed by atoms with Crippen LogP contribution < -0.4 is 5.32 Å². The van der Waals surface area contributed by atoms with Gasteiger partial charge in [0.05, 0.1) is 13.2 Å². The van der Waals surface area contributed by atoms with E-state index in [9.17, 15) is 24.2 Å². The van der Waals surface area contributed by atoms with Gasteiger partial charge in [-0.15, -0.1) is 0 Å². The number of carbonyl (C=O) groups excluding carboxylic acids is 2. The van der Waals surface area contributed by atoms with Gasteiger partial charge in [-0.3, -0.25) is 18.6 Å². The molecule has 0 radical (unpaired) electrons. The summed E-state index contributed by atoms with van der Waals surface area (Å²) in [5.41, 5.74) is 0. The Labute approximate surface area is 397 Å². The molecular formula is C55H92NO8P. The van der Waals surface area contributed by atoms with E-state index < -0.39 is 26.5 Å². The number of phosphoric ester groups is 1. The van der Waals surface area contributed by atoms with Crippen LogP contribution in [0.2, 0.25) is 0 Å². The van der Waals surface area contributed by atoms with Crippen molar-refractivity contribution < 1.29 is 37.9 Å². The van der Waals surface area contributed by atoms with Crippen molar-refractivity contribution in [3.63, 3.8) is 0 Å². The molecule has 0 aromatic rings. The fraction of sp³-hybridized carbons (Fsp3) is 0.636. The van der Waals surface area contributed by atoms with Crippen molar-refractivity contribution in [3.8, 4) is 0 Å². The number of hydrogen-bond acceptors (Lipinski definition) is 7. The van der Waals surface area contributed by atoms with Crippen LogP contribution in [0.3, 0.4) is 0 Å². The first kappa shape index (κ1) is 61.7. The maximum atomic E-state index is 12.2. The van der Waals surface area contributed by atoms with Gasteiger partial charge in [-0.2, -0.15) is 0 Å². The minimum Gasteiger partial charge on any atom is -0.463 e. The van der Waals surface area contributed by atoms with Crippen molar-refractivity contribution in [3.05, 3.63) is 109 Å². The Bertz CT molecular complexity index is 1430. The third-order valence-corrected chi connectivity index (χ3v) is 11.2. The minimum atomic E-state index is -4.44. The number of phosphoric acid groups is 1. The lowest BCUT2D eigenvalue weighted by atomic mass is 10.0. The van der Waals surface area contributed by atoms with Gasteiger partial charge in [-0.25, -0.2) is 4.57 Å². The van der Waals surface area contributed by atoms with Crippen LogP contribution in [-0.4, -0.2) is 54.3 Å². The lowest BCUT2D eigenvalue weighted by Gasteiger charge is -2.15. The number of carbonyl (C=O) groups is 2. The molecule has 3 N–H and O–H groups in total. The van der Waals surface area contributed by atoms with E-state index in [1.807, 2.05) is 6.08 Å². The van der Waals surface area contributed by atoms with E-state index in [1.54, 1.807) is 0 Å². The standard InChI is InChI=1S/C55H92NO8P/c1-3-5-7-9-11-13-15-17-19-21-23-25-26-28-30-32-34-36-38-40-42-44-46-48-55(59)62-51-53(57)52-64-65(60,61)63-50-49-56-54(58)47-45-43-41-39-37-35-33-31-29-27-24-22-20-18-16-14-12-10-8-6-4-2/h5,7,11-14,17-20,23,25,28,30,34,36,40,42,53,57H,3-4,6,8-10,15-16,21-22,24,26-27,29,31-33,35,37-39,41,43-52H2,1-2H3,(H,56,58)(H,60,61)/b7-5-,13-11-,14-12-,19-17-,20-18-,25-23-,30-28-,36-34-,42-40-. The molecule has 1 amide bonds. The molecule has 370 valence electrons. The Morgan fingerprint density at radius 3 is 1.35 bits per heavy atom. The lowest BCUT2D eigenvalue weighted by molar-refractivity contribution is -0.147. The van der Waals surface area contributed by atoms with Crippen LogP contribution >= 0.6 is 7.82 Å². The van der Waals surface area contributed by atoms with Gasteiger partial charge in [0.15, 0.2) is 0 Å². The fourth-order valence-electron chi connectivity index (χ4n) is 6.40. The van der Waals surface area contributed by atoms with Crippen molar-refractivity contribution >= 4 is 19.7 Å². The van der Waals surface area contributed by atoms with Gasteiger partial charge >= 0.3 is 13.8 Å². The summed E-state index contributed by atoms with van der Waals surface area (Å²) in [7, 11) is -4.44. The number of nitrogens with one attached hydrogen (secondary N) is 1. The van der Waals surface area contributed by atoms with E-state index >= 15 is 0 Å². The molecule has 0 saturated heterocycles. The highest BCUT2D eigenvalue weighted by Gasteiger charge is 2.23. The van der Waals surface area contributed by atoms with Gasteiger partial charge in [0.25, 0.3) is 0 Å². The maximum Gasteiger partial charge on any atom is 0.472 e. The number of esters is 1. The summed E-state index contributed by atoms with van der Waals surface area (Å²) in [5, 5.41) is 12.7. The van der Waals surface area contributed by atoms with Crippen molar-refractivity contribution in [2.45, 2.75) is 200 Å². The van der Waals surface area contributed by atoms with Crippen LogP contribution in [0, 0.1) is 0 Å². The fourth-order valence-corrected chi connectivity index (χ4v) is 7.16. The van der Waals surface area contributed by atoms with Gasteiger partial charge in [0.2, 0.25) is 5.91 Å². The van der Waals surface area contributed by atoms with Crippen molar-refractivity contribution in [2.75, 3.05) is 26.4 Å². The average molecular weight is 926 g/mol. The molecular weight excluding hydrogens is 834 g/mol. The maximum absolute atomic E-state index is 12.2. The largest absolute Gasteiger partial charge is 0.472 e. The molecule has 0 fully saturated rings. The molecule has 2 atom stereocenters. The first-order chi connectivity index (χ1) is 31.8. The highest BCUT2D eigenvalue weighted by Crippen LogP contribution is 2.42. The zero-order chi connectivity index (χ0) is 47.4. The lowest BCUT2D eigenvalue weighted by Crippen LogP contribution is -2.27. The van der Waals surface area contributed by atoms with E-state index in [1.165, 1.54) is 83.5 Å². The first-order valence-corrected chi connectivity index (χ1v) is 26.9. The summed E-state index contributed by atoms with van der Waals surface area (Å²) in [6, 6.07) is 0. The Morgan fingerprint density at radius 1 is 0.492 bits per heavy atom. The number of amides is 1. The summed E-state index contributed by atoms with van der Waals surface area (Å²) in [4.78, 5) is 34.1. The summed E-state index contributed by atoms with van der Waals surface area (Å²) >= 11 is 0. The van der Waals surface area contributed by atoms with Crippen LogP contribution in [0.25, 0.3) is 0 Å². The van der Waals surface area contributed by atoms with Crippen LogP contribution in [0.1, 0.15) is 194 Å². The second-order valence-electron chi connectivity index (χ2n) is 16.4. The Kier molecular flexibility index (Phi) is 47.5. The summed E-state index contributed by atoms with van der Waals surface area (Å²) in [6.07, 6.45) is 67.4. The van der Waals surface area contributed by atoms with E-state index in [2.05, 4.69) is 122 Å². The Balaban J connectivity index is 3.68. The molecule has 0 spiro atoms. The van der Waals surface area contributed by atoms with Crippen molar-refractivity contribution in [1.29, 1.82) is 0 Å². The van der Waals surface area contributed by atoms with Crippen molar-refractivity contribution in [2.24, 2.45) is 0 Å². The topological polar surface area (TPSA) is 131 Å². The molecule has 2 unspecified atom stereocenters. The molecule has 65 heavy (non-hydrogen) atoms. The molecule has 0 aliphatic heterocycles. The van der Waals surface area contributed by atoms with E-state index in [-0.39, 0.29) is 32.1 Å². The van der Waals surface area contributed by atoms with Gasteiger partial charge in [-0.05, 0) is 96.3 Å². The molecule has 10 heteroatoms. The molecule has 0 aliphatic carbocycles. The number of rotatable bonds is 46. The predicted octanol–water partition coefficient (Wildman–Crippen LogP) is 15.1. The van der Waals surface area contributed by atoms with Crippen LogP contribution in [0.5, 0.6) is 0 Å². The van der Waals surface area contributed by atoms with Gasteiger partial charge in [0.1, 0.15) is 12.7 Å². The third kappa shape index (κ3) is 51.5. The second kappa shape index (κ2) is 50.1. The van der Waals surface area contributed by atoms with E-state index in [4.69, 9.17) is 13.8 Å². The second-order valence-corrected chi connectivity index (χ2v) is 17.9. The zero-order valence-corrected chi connectivity index (χ0v) is 41.8. The predicted molar refractivity (Wildman–Crippen MR) is 275 cm³/mol. The molecule has 0 aliphatic rings. The number of hydrogen-bond donors (Lipinski definition) is 3. The van der Waals surface area contributed by atoms with Crippen LogP contribution in [-0.2, 0) is 27.9 Å². The Morgan fingerprint density at radius 2 is 0.892 bits per heavy atom. The molecule has 0 rings (SSSR count). The van der Waals surface area contributed by atoms with Crippen LogP contribution in [0.4, 0.5) is 0 Å². The van der Waals surface area contributed by atoms with E-state index in [0.29, 0.717) is 12.8 Å². The molecule has 0 heterocycles. The molecule has 0 aromatic heterocycles. The summed E-state index contributed by atoms with van der Waals surface area (Å²) in [6.45, 7) is 3.34. The van der Waals surface area contributed by atoms with Crippen LogP contribution in [0.15, 0.2) is 109 Å². The number of aliphatic hydroxyl groups excluding tert-OH is 1. The normalized spacial score (nSPS) is 14.1.